The lowest BCUT2D eigenvalue weighted by Gasteiger charge is -2.53. The van der Waals surface area contributed by atoms with E-state index in [0.29, 0.717) is 30.1 Å². The van der Waals surface area contributed by atoms with Gasteiger partial charge >= 0.3 is 12.1 Å². The number of allylic oxidation sites excluding steroid dienone is 1. The minimum absolute atomic E-state index is 0.0729. The molecule has 296 valence electrons. The molecule has 17 nitrogen and oxygen atoms in total. The number of benzene rings is 1. The average Bonchev–Trinajstić information content (AvgIpc) is 3.49. The molecule has 1 spiro atoms. The Morgan fingerprint density at radius 2 is 1.93 bits per heavy atom. The lowest BCUT2D eigenvalue weighted by atomic mass is 9.57. The van der Waals surface area contributed by atoms with Crippen molar-refractivity contribution in [3.05, 3.63) is 35.1 Å². The number of likely N-dealkylation sites (tertiary alicyclic amines) is 2. The van der Waals surface area contributed by atoms with Gasteiger partial charge in [0.2, 0.25) is 17.7 Å². The van der Waals surface area contributed by atoms with Crippen LogP contribution in [0.15, 0.2) is 24.0 Å². The topological polar surface area (TPSA) is 238 Å². The molecule has 3 aliphatic heterocycles. The van der Waals surface area contributed by atoms with Crippen molar-refractivity contribution < 1.29 is 43.3 Å². The SMILES string of the molecule is COc1ccc(C)c2c1O[C@H]1C(OC(=O)N3CCC(C(=O)O)C[C@@H]3CNC(=O)[C@H](CCCNC(=N)N)NC(=O)CNC(C)=O)=CCC3[C@@H](C)N(C)CC[C@@]231. The van der Waals surface area contributed by atoms with Crippen molar-refractivity contribution in [3.8, 4) is 11.5 Å². The Morgan fingerprint density at radius 1 is 1.17 bits per heavy atom. The first kappa shape index (κ1) is 40.1. The van der Waals surface area contributed by atoms with Crippen molar-refractivity contribution in [2.24, 2.45) is 17.6 Å². The number of hydrogen-bond donors (Lipinski definition) is 7. The van der Waals surface area contributed by atoms with Gasteiger partial charge < -0.3 is 56.1 Å². The lowest BCUT2D eigenvalue weighted by molar-refractivity contribution is -0.144. The fourth-order valence-electron chi connectivity index (χ4n) is 8.62. The molecule has 0 radical (unpaired) electrons. The van der Waals surface area contributed by atoms with Crippen molar-refractivity contribution in [2.75, 3.05) is 46.9 Å². The molecule has 2 unspecified atom stereocenters. The highest BCUT2D eigenvalue weighted by Crippen LogP contribution is 2.61. The third-order valence-corrected chi connectivity index (χ3v) is 11.5. The molecular formula is C37H54N8O9. The lowest BCUT2D eigenvalue weighted by Crippen LogP contribution is -2.60. The van der Waals surface area contributed by atoms with Crippen LogP contribution in [0.3, 0.4) is 0 Å². The number of rotatable bonds is 13. The van der Waals surface area contributed by atoms with Gasteiger partial charge in [0.25, 0.3) is 0 Å². The van der Waals surface area contributed by atoms with Crippen LogP contribution in [0.5, 0.6) is 11.5 Å². The monoisotopic (exact) mass is 754 g/mol. The first-order valence-electron chi connectivity index (χ1n) is 18.5. The summed E-state index contributed by atoms with van der Waals surface area (Å²) in [5.41, 5.74) is 7.05. The summed E-state index contributed by atoms with van der Waals surface area (Å²) < 4.78 is 18.7. The second-order valence-corrected chi connectivity index (χ2v) is 14.8. The summed E-state index contributed by atoms with van der Waals surface area (Å²) >= 11 is 0. The van der Waals surface area contributed by atoms with Gasteiger partial charge in [0.05, 0.1) is 25.6 Å². The number of aliphatic carboxylic acids is 1. The number of carbonyl (C=O) groups excluding carboxylic acids is 4. The van der Waals surface area contributed by atoms with Crippen molar-refractivity contribution >= 4 is 35.7 Å². The Labute approximate surface area is 315 Å². The maximum atomic E-state index is 14.1. The minimum atomic E-state index is -1.02. The molecule has 1 aromatic carbocycles. The van der Waals surface area contributed by atoms with Crippen LogP contribution in [-0.2, 0) is 29.3 Å². The van der Waals surface area contributed by atoms with Gasteiger partial charge in [-0.3, -0.25) is 24.6 Å². The summed E-state index contributed by atoms with van der Waals surface area (Å²) in [5.74, 6) is -1.68. The van der Waals surface area contributed by atoms with Crippen LogP contribution in [0.2, 0.25) is 0 Å². The molecule has 17 heteroatoms. The molecule has 54 heavy (non-hydrogen) atoms. The number of carboxylic acids is 1. The normalized spacial score (nSPS) is 26.4. The average molecular weight is 755 g/mol. The molecule has 4 aliphatic rings. The Hall–Kier alpha value is -5.06. The van der Waals surface area contributed by atoms with E-state index in [4.69, 9.17) is 25.4 Å². The van der Waals surface area contributed by atoms with Crippen molar-refractivity contribution in [1.29, 1.82) is 5.41 Å². The summed E-state index contributed by atoms with van der Waals surface area (Å²) in [6.45, 7) is 6.31. The van der Waals surface area contributed by atoms with Crippen molar-refractivity contribution in [2.45, 2.75) is 88.9 Å². The predicted molar refractivity (Wildman–Crippen MR) is 197 cm³/mol. The zero-order valence-electron chi connectivity index (χ0n) is 31.7. The third kappa shape index (κ3) is 8.35. The number of hydrogen-bond acceptors (Lipinski definition) is 10. The van der Waals surface area contributed by atoms with Gasteiger partial charge in [-0.1, -0.05) is 6.07 Å². The molecule has 3 heterocycles. The number of piperidine rings is 2. The summed E-state index contributed by atoms with van der Waals surface area (Å²) in [5, 5.41) is 27.7. The van der Waals surface area contributed by atoms with E-state index in [2.05, 4.69) is 47.1 Å². The van der Waals surface area contributed by atoms with Gasteiger partial charge in [0.15, 0.2) is 23.6 Å². The quantitative estimate of drug-likeness (QED) is 0.0847. The zero-order chi connectivity index (χ0) is 39.3. The summed E-state index contributed by atoms with van der Waals surface area (Å²) in [7, 11) is 3.72. The van der Waals surface area contributed by atoms with Crippen LogP contribution in [0.4, 0.5) is 4.79 Å². The number of aryl methyl sites for hydroxylation is 1. The van der Waals surface area contributed by atoms with Crippen LogP contribution >= 0.6 is 0 Å². The number of fused-ring (bicyclic) bond motifs is 1. The Balaban J connectivity index is 1.34. The molecule has 0 aromatic heterocycles. The first-order valence-corrected chi connectivity index (χ1v) is 18.5. The van der Waals surface area contributed by atoms with E-state index in [1.807, 2.05) is 18.2 Å². The number of nitrogens with zero attached hydrogens (tertiary/aromatic N) is 2. The van der Waals surface area contributed by atoms with Crippen LogP contribution in [-0.4, -0.2) is 122 Å². The number of nitrogens with two attached hydrogens (primary N) is 1. The fourth-order valence-corrected chi connectivity index (χ4v) is 8.62. The van der Waals surface area contributed by atoms with Gasteiger partial charge in [0.1, 0.15) is 11.8 Å². The van der Waals surface area contributed by atoms with Gasteiger partial charge in [-0.25, -0.2) is 4.79 Å². The molecule has 0 bridgehead atoms. The predicted octanol–water partition coefficient (Wildman–Crippen LogP) is 0.932. The molecule has 1 aromatic rings. The largest absolute Gasteiger partial charge is 0.493 e. The summed E-state index contributed by atoms with van der Waals surface area (Å²) in [4.78, 5) is 67.4. The molecule has 4 amide bonds. The Bertz CT molecular complexity index is 1670. The van der Waals surface area contributed by atoms with Gasteiger partial charge in [-0.15, -0.1) is 0 Å². The van der Waals surface area contributed by atoms with Gasteiger partial charge in [-0.05, 0) is 89.6 Å². The standard InChI is InChI=1S/C37H54N8O9/c1-20-8-10-27(52-5)31-30(20)37-13-16-44(4)21(2)25(37)9-11-28(32(37)54-31)53-36(51)45-15-12-23(34(49)50)17-24(45)18-42-33(48)26(7-6-14-40-35(38)39)43-29(47)19-41-22(3)46/h8,10-11,21,23-26,32H,6-7,9,12-19H2,1-5H3,(H,41,46)(H,42,48)(H,43,47)(H,49,50)(H4,38,39,40)/t21-,23?,24-,25?,26+,32+,37+/m1/s1. The van der Waals surface area contributed by atoms with Crippen molar-refractivity contribution in [1.82, 2.24) is 31.1 Å². The molecule has 5 rings (SSSR count). The van der Waals surface area contributed by atoms with E-state index in [0.717, 1.165) is 24.1 Å². The van der Waals surface area contributed by atoms with Crippen LogP contribution < -0.4 is 36.5 Å². The Kier molecular flexibility index (Phi) is 12.6. The highest BCUT2D eigenvalue weighted by Gasteiger charge is 2.62. The summed E-state index contributed by atoms with van der Waals surface area (Å²) in [6.07, 6.45) is 2.93. The molecule has 2 fully saturated rings. The summed E-state index contributed by atoms with van der Waals surface area (Å²) in [6, 6.07) is 2.40. The molecule has 7 atom stereocenters. The minimum Gasteiger partial charge on any atom is -0.493 e. The van der Waals surface area contributed by atoms with Crippen molar-refractivity contribution in [3.63, 3.8) is 0 Å². The molecule has 2 saturated heterocycles. The number of amides is 4. The molecule has 8 N–H and O–H groups in total. The maximum Gasteiger partial charge on any atom is 0.415 e. The number of ether oxygens (including phenoxy) is 3. The van der Waals surface area contributed by atoms with Crippen LogP contribution in [0.25, 0.3) is 0 Å². The molecule has 0 saturated carbocycles. The van der Waals surface area contributed by atoms with E-state index >= 15 is 0 Å². The van der Waals surface area contributed by atoms with Gasteiger partial charge in [0, 0.05) is 43.6 Å². The molecule has 1 aliphatic carbocycles. The van der Waals surface area contributed by atoms with E-state index in [1.165, 1.54) is 11.8 Å². The highest BCUT2D eigenvalue weighted by molar-refractivity contribution is 5.90. The van der Waals surface area contributed by atoms with Gasteiger partial charge in [-0.2, -0.15) is 0 Å². The first-order chi connectivity index (χ1) is 25.7. The number of guanidine groups is 1. The fraction of sp³-hybridized carbons (Fsp3) is 0.622. The Morgan fingerprint density at radius 3 is 2.61 bits per heavy atom. The van der Waals surface area contributed by atoms with E-state index < -0.39 is 59.3 Å². The second-order valence-electron chi connectivity index (χ2n) is 14.8. The zero-order valence-corrected chi connectivity index (χ0v) is 31.7. The molecular weight excluding hydrogens is 700 g/mol. The third-order valence-electron chi connectivity index (χ3n) is 11.5. The van der Waals surface area contributed by atoms with E-state index in [9.17, 15) is 29.1 Å². The number of methoxy groups -OCH3 is 1. The van der Waals surface area contributed by atoms with Crippen LogP contribution in [0, 0.1) is 24.2 Å². The second kappa shape index (κ2) is 17.0. The van der Waals surface area contributed by atoms with E-state index in [1.54, 1.807) is 7.11 Å². The maximum absolute atomic E-state index is 14.1. The highest BCUT2D eigenvalue weighted by atomic mass is 16.6. The smallest absolute Gasteiger partial charge is 0.415 e. The number of carbonyl (C=O) groups is 5. The van der Waals surface area contributed by atoms with Crippen LogP contribution in [0.1, 0.15) is 63.5 Å². The van der Waals surface area contributed by atoms with E-state index in [-0.39, 0.29) is 63.4 Å². The number of nitrogens with one attached hydrogen (secondary N) is 5. The number of carboxylic acid groups (broad SMARTS) is 1.